The van der Waals surface area contributed by atoms with Crippen molar-refractivity contribution in [3.05, 3.63) is 0 Å². The van der Waals surface area contributed by atoms with Gasteiger partial charge in [0.15, 0.2) is 0 Å². The van der Waals surface area contributed by atoms with E-state index < -0.39 is 6.10 Å². The van der Waals surface area contributed by atoms with Gasteiger partial charge in [-0.3, -0.25) is 4.79 Å². The lowest BCUT2D eigenvalue weighted by Gasteiger charge is -2.01. The van der Waals surface area contributed by atoms with Gasteiger partial charge in [-0.05, 0) is 28.1 Å². The first-order chi connectivity index (χ1) is 5.36. The molecule has 0 aliphatic rings. The molecular formula is C8H20ClNO3. The van der Waals surface area contributed by atoms with Crippen LogP contribution >= 0.6 is 12.4 Å². The molecule has 82 valence electrons. The van der Waals surface area contributed by atoms with Gasteiger partial charge in [-0.15, -0.1) is 12.4 Å². The molecule has 1 atom stereocenters. The van der Waals surface area contributed by atoms with Crippen molar-refractivity contribution in [2.24, 2.45) is 0 Å². The molecule has 0 fully saturated rings. The van der Waals surface area contributed by atoms with Gasteiger partial charge < -0.3 is 14.7 Å². The second-order valence-electron chi connectivity index (χ2n) is 2.99. The van der Waals surface area contributed by atoms with Crippen molar-refractivity contribution in [1.82, 2.24) is 4.90 Å². The zero-order chi connectivity index (χ0) is 10.1. The fourth-order valence-corrected chi connectivity index (χ4v) is 0.238. The van der Waals surface area contributed by atoms with Gasteiger partial charge in [0.25, 0.3) is 0 Å². The summed E-state index contributed by atoms with van der Waals surface area (Å²) in [5.41, 5.74) is 0. The van der Waals surface area contributed by atoms with Crippen LogP contribution in [-0.4, -0.2) is 49.8 Å². The normalized spacial score (nSPS) is 10.7. The Labute approximate surface area is 86.3 Å². The molecule has 0 bridgehead atoms. The Balaban J connectivity index is -0.000000173. The zero-order valence-electron chi connectivity index (χ0n) is 8.90. The number of hydrogen-bond donors (Lipinski definition) is 1. The molecule has 0 rings (SSSR count). The minimum absolute atomic E-state index is 0. The quantitative estimate of drug-likeness (QED) is 0.680. The summed E-state index contributed by atoms with van der Waals surface area (Å²) in [6.07, 6.45) is -0.557. The van der Waals surface area contributed by atoms with E-state index in [2.05, 4.69) is 4.74 Å². The number of esters is 1. The minimum Gasteiger partial charge on any atom is -0.463 e. The highest BCUT2D eigenvalue weighted by Crippen LogP contribution is 1.81. The fourth-order valence-electron chi connectivity index (χ4n) is 0.238. The summed E-state index contributed by atoms with van der Waals surface area (Å²) in [6.45, 7) is 2.96. The van der Waals surface area contributed by atoms with Crippen LogP contribution in [0.15, 0.2) is 0 Å². The van der Waals surface area contributed by atoms with Gasteiger partial charge in [0.1, 0.15) is 6.61 Å². The standard InChI is InChI=1S/C5H10O3.C3H9N.ClH/c1-4(6)3-8-5(2)7;1-4(2)3;/h4,6H,3H2,1-2H3;1-3H3;1H. The number of rotatable bonds is 2. The van der Waals surface area contributed by atoms with Gasteiger partial charge in [0, 0.05) is 6.92 Å². The van der Waals surface area contributed by atoms with Gasteiger partial charge in [-0.1, -0.05) is 0 Å². The highest BCUT2D eigenvalue weighted by Gasteiger charge is 1.96. The molecule has 0 aromatic heterocycles. The molecule has 0 saturated heterocycles. The van der Waals surface area contributed by atoms with Crippen LogP contribution in [0.25, 0.3) is 0 Å². The van der Waals surface area contributed by atoms with E-state index in [4.69, 9.17) is 5.11 Å². The highest BCUT2D eigenvalue weighted by molar-refractivity contribution is 5.85. The second kappa shape index (κ2) is 11.7. The fraction of sp³-hybridized carbons (Fsp3) is 0.875. The maximum Gasteiger partial charge on any atom is 0.302 e. The van der Waals surface area contributed by atoms with Crippen LogP contribution in [0.5, 0.6) is 0 Å². The Bertz CT molecular complexity index is 115. The number of carbonyl (C=O) groups is 1. The lowest BCUT2D eigenvalue weighted by Crippen LogP contribution is -2.12. The van der Waals surface area contributed by atoms with Crippen molar-refractivity contribution in [3.8, 4) is 0 Å². The first-order valence-electron chi connectivity index (χ1n) is 3.78. The third-order valence-corrected chi connectivity index (χ3v) is 0.528. The van der Waals surface area contributed by atoms with Crippen LogP contribution in [0, 0.1) is 0 Å². The first kappa shape index (κ1) is 18.5. The van der Waals surface area contributed by atoms with Gasteiger partial charge >= 0.3 is 5.97 Å². The lowest BCUT2D eigenvalue weighted by molar-refractivity contribution is -0.143. The van der Waals surface area contributed by atoms with Crippen molar-refractivity contribution in [2.75, 3.05) is 27.7 Å². The van der Waals surface area contributed by atoms with Gasteiger partial charge in [-0.25, -0.2) is 0 Å². The minimum atomic E-state index is -0.557. The van der Waals surface area contributed by atoms with Crippen molar-refractivity contribution < 1.29 is 14.6 Å². The van der Waals surface area contributed by atoms with E-state index in [1.807, 2.05) is 26.0 Å². The summed E-state index contributed by atoms with van der Waals surface area (Å²) < 4.78 is 4.41. The molecule has 0 aromatic rings. The van der Waals surface area contributed by atoms with Gasteiger partial charge in [0.05, 0.1) is 6.10 Å². The molecule has 0 radical (unpaired) electrons. The molecule has 0 aliphatic heterocycles. The van der Waals surface area contributed by atoms with Crippen molar-refractivity contribution >= 4 is 18.4 Å². The summed E-state index contributed by atoms with van der Waals surface area (Å²) in [6, 6.07) is 0. The van der Waals surface area contributed by atoms with Crippen LogP contribution in [0.3, 0.4) is 0 Å². The Hall–Kier alpha value is -0.320. The molecule has 0 spiro atoms. The first-order valence-corrected chi connectivity index (χ1v) is 3.78. The molecular weight excluding hydrogens is 194 g/mol. The number of ether oxygens (including phenoxy) is 1. The molecule has 1 unspecified atom stereocenters. The van der Waals surface area contributed by atoms with E-state index in [9.17, 15) is 4.79 Å². The molecule has 0 heterocycles. The summed E-state index contributed by atoms with van der Waals surface area (Å²) in [5.74, 6) is -0.356. The predicted molar refractivity (Wildman–Crippen MR) is 55.2 cm³/mol. The third kappa shape index (κ3) is 50.0. The lowest BCUT2D eigenvalue weighted by atomic mass is 10.4. The average molecular weight is 214 g/mol. The summed E-state index contributed by atoms with van der Waals surface area (Å²) in [5, 5.41) is 8.52. The number of aliphatic hydroxyl groups is 1. The topological polar surface area (TPSA) is 49.8 Å². The zero-order valence-corrected chi connectivity index (χ0v) is 9.72. The van der Waals surface area contributed by atoms with Crippen LogP contribution in [-0.2, 0) is 9.53 Å². The summed E-state index contributed by atoms with van der Waals surface area (Å²) in [7, 11) is 6.00. The predicted octanol–water partition coefficient (Wildman–Crippen LogP) is 0.530. The third-order valence-electron chi connectivity index (χ3n) is 0.528. The van der Waals surface area contributed by atoms with Crippen molar-refractivity contribution in [3.63, 3.8) is 0 Å². The molecule has 4 nitrogen and oxygen atoms in total. The summed E-state index contributed by atoms with van der Waals surface area (Å²) >= 11 is 0. The molecule has 0 aliphatic carbocycles. The van der Waals surface area contributed by atoms with Crippen LogP contribution in [0.4, 0.5) is 0 Å². The smallest absolute Gasteiger partial charge is 0.302 e. The molecule has 1 N–H and O–H groups in total. The maximum absolute atomic E-state index is 10.0. The molecule has 0 aromatic carbocycles. The van der Waals surface area contributed by atoms with Crippen LogP contribution in [0.1, 0.15) is 13.8 Å². The van der Waals surface area contributed by atoms with E-state index in [0.717, 1.165) is 0 Å². The Kier molecular flexibility index (Phi) is 16.6. The monoisotopic (exact) mass is 213 g/mol. The van der Waals surface area contributed by atoms with Gasteiger partial charge in [-0.2, -0.15) is 0 Å². The Morgan fingerprint density at radius 2 is 1.77 bits per heavy atom. The maximum atomic E-state index is 10.0. The van der Waals surface area contributed by atoms with E-state index in [1.54, 1.807) is 6.92 Å². The number of halogens is 1. The van der Waals surface area contributed by atoms with E-state index in [0.29, 0.717) is 0 Å². The molecule has 0 amide bonds. The second-order valence-corrected chi connectivity index (χ2v) is 2.99. The largest absolute Gasteiger partial charge is 0.463 e. The molecule has 0 saturated carbocycles. The van der Waals surface area contributed by atoms with E-state index >= 15 is 0 Å². The summed E-state index contributed by atoms with van der Waals surface area (Å²) in [4.78, 5) is 12.0. The van der Waals surface area contributed by atoms with Crippen LogP contribution in [0.2, 0.25) is 0 Å². The van der Waals surface area contributed by atoms with Crippen molar-refractivity contribution in [1.29, 1.82) is 0 Å². The average Bonchev–Trinajstić information content (AvgIpc) is 1.82. The number of carbonyl (C=O) groups excluding carboxylic acids is 1. The highest BCUT2D eigenvalue weighted by atomic mass is 35.5. The van der Waals surface area contributed by atoms with Crippen molar-refractivity contribution in [2.45, 2.75) is 20.0 Å². The van der Waals surface area contributed by atoms with Crippen LogP contribution < -0.4 is 0 Å². The Morgan fingerprint density at radius 1 is 1.46 bits per heavy atom. The Morgan fingerprint density at radius 3 is 1.85 bits per heavy atom. The molecule has 5 heteroatoms. The molecule has 13 heavy (non-hydrogen) atoms. The number of nitrogens with zero attached hydrogens (tertiary/aromatic N) is 1. The van der Waals surface area contributed by atoms with E-state index in [-0.39, 0.29) is 25.0 Å². The van der Waals surface area contributed by atoms with E-state index in [1.165, 1.54) is 6.92 Å². The number of hydrogen-bond acceptors (Lipinski definition) is 4. The van der Waals surface area contributed by atoms with Gasteiger partial charge in [0.2, 0.25) is 0 Å². The SMILES string of the molecule is CC(=O)OCC(C)O.CN(C)C.Cl. The number of aliphatic hydroxyl groups excluding tert-OH is 1.